The Labute approximate surface area is 173 Å². The third-order valence-corrected chi connectivity index (χ3v) is 4.85. The van der Waals surface area contributed by atoms with E-state index in [0.29, 0.717) is 17.0 Å². The molecule has 2 heterocycles. The molecule has 7 heteroatoms. The Morgan fingerprint density at radius 1 is 1.13 bits per heavy atom. The van der Waals surface area contributed by atoms with Crippen LogP contribution in [0.5, 0.6) is 5.75 Å². The molecule has 0 radical (unpaired) electrons. The molecule has 0 aliphatic heterocycles. The minimum atomic E-state index is -0.346. The molecule has 4 aromatic rings. The molecule has 7 nitrogen and oxygen atoms in total. The van der Waals surface area contributed by atoms with Crippen molar-refractivity contribution in [3.63, 3.8) is 0 Å². The summed E-state index contributed by atoms with van der Waals surface area (Å²) in [5, 5.41) is 3.33. The summed E-state index contributed by atoms with van der Waals surface area (Å²) in [6.07, 6.45) is 0. The van der Waals surface area contributed by atoms with Crippen molar-refractivity contribution >= 4 is 17.0 Å². The molecule has 1 atom stereocenters. The Bertz CT molecular complexity index is 1240. The summed E-state index contributed by atoms with van der Waals surface area (Å²) in [5.74, 6) is 0.650. The van der Waals surface area contributed by atoms with Gasteiger partial charge in [0, 0.05) is 7.05 Å². The lowest BCUT2D eigenvalue weighted by Crippen LogP contribution is -2.26. The van der Waals surface area contributed by atoms with Crippen molar-refractivity contribution in [2.24, 2.45) is 7.05 Å². The molecule has 152 valence electrons. The van der Waals surface area contributed by atoms with Crippen molar-refractivity contribution < 1.29 is 9.15 Å². The van der Waals surface area contributed by atoms with Crippen molar-refractivity contribution in [1.29, 1.82) is 0 Å². The molecule has 0 fully saturated rings. The molecular formula is C23H22N4O3. The van der Waals surface area contributed by atoms with Gasteiger partial charge in [0.25, 0.3) is 11.4 Å². The number of rotatable bonds is 6. The van der Waals surface area contributed by atoms with Crippen LogP contribution in [-0.2, 0) is 7.05 Å². The maximum absolute atomic E-state index is 13.0. The average molecular weight is 402 g/mol. The van der Waals surface area contributed by atoms with Gasteiger partial charge >= 0.3 is 0 Å². The monoisotopic (exact) mass is 402 g/mol. The molecule has 0 aliphatic carbocycles. The second-order valence-electron chi connectivity index (χ2n) is 7.00. The number of hydrogen-bond acceptors (Lipinski definition) is 6. The van der Waals surface area contributed by atoms with E-state index in [1.807, 2.05) is 61.5 Å². The van der Waals surface area contributed by atoms with Gasteiger partial charge in [-0.05, 0) is 24.6 Å². The van der Waals surface area contributed by atoms with E-state index in [9.17, 15) is 4.79 Å². The first kappa shape index (κ1) is 19.4. The highest BCUT2D eigenvalue weighted by atomic mass is 16.5. The fraction of sp³-hybridized carbons (Fsp3) is 0.174. The second-order valence-corrected chi connectivity index (χ2v) is 7.00. The lowest BCUT2D eigenvalue weighted by molar-refractivity contribution is 0.402. The van der Waals surface area contributed by atoms with E-state index in [4.69, 9.17) is 9.15 Å². The lowest BCUT2D eigenvalue weighted by atomic mass is 10.0. The van der Waals surface area contributed by atoms with Crippen LogP contribution in [0.3, 0.4) is 0 Å². The number of aromatic nitrogens is 3. The zero-order valence-electron chi connectivity index (χ0n) is 17.0. The van der Waals surface area contributed by atoms with Crippen LogP contribution in [0.15, 0.2) is 76.0 Å². The fourth-order valence-electron chi connectivity index (χ4n) is 3.28. The number of para-hydroxylation sites is 2. The Morgan fingerprint density at radius 2 is 1.83 bits per heavy atom. The zero-order valence-corrected chi connectivity index (χ0v) is 17.0. The van der Waals surface area contributed by atoms with E-state index >= 15 is 0 Å². The normalized spacial score (nSPS) is 12.0. The summed E-state index contributed by atoms with van der Waals surface area (Å²) in [4.78, 5) is 22.1. The van der Waals surface area contributed by atoms with Crippen molar-refractivity contribution in [3.8, 4) is 17.3 Å². The smallest absolute Gasteiger partial charge is 0.297 e. The first-order valence-electron chi connectivity index (χ1n) is 9.47. The highest BCUT2D eigenvalue weighted by molar-refractivity contribution is 5.76. The minimum Gasteiger partial charge on any atom is -0.489 e. The van der Waals surface area contributed by atoms with Crippen LogP contribution < -0.4 is 15.6 Å². The highest BCUT2D eigenvalue weighted by Gasteiger charge is 2.23. The quantitative estimate of drug-likeness (QED) is 0.484. The molecule has 2 aromatic heterocycles. The number of ether oxygens (including phenoxy) is 1. The van der Waals surface area contributed by atoms with Crippen molar-refractivity contribution in [2.75, 3.05) is 12.4 Å². The molecule has 0 saturated carbocycles. The molecule has 4 rings (SSSR count). The van der Waals surface area contributed by atoms with E-state index in [2.05, 4.69) is 21.9 Å². The van der Waals surface area contributed by atoms with E-state index in [0.717, 1.165) is 11.1 Å². The fourth-order valence-corrected chi connectivity index (χ4v) is 3.28. The van der Waals surface area contributed by atoms with Gasteiger partial charge in [-0.2, -0.15) is 0 Å². The molecule has 0 saturated heterocycles. The third kappa shape index (κ3) is 3.45. The minimum absolute atomic E-state index is 0.0705. The number of hydrogen-bond donors (Lipinski definition) is 1. The van der Waals surface area contributed by atoms with Crippen LogP contribution >= 0.6 is 0 Å². The summed E-state index contributed by atoms with van der Waals surface area (Å²) in [7, 11) is 3.06. The molecule has 0 bridgehead atoms. The molecule has 1 unspecified atom stereocenters. The molecule has 1 N–H and O–H groups in total. The van der Waals surface area contributed by atoms with Gasteiger partial charge in [0.05, 0.1) is 13.2 Å². The topological polar surface area (TPSA) is 82.2 Å². The van der Waals surface area contributed by atoms with Crippen LogP contribution in [0.1, 0.15) is 18.5 Å². The summed E-state index contributed by atoms with van der Waals surface area (Å²) in [6.45, 7) is 6.01. The number of benzene rings is 2. The maximum Gasteiger partial charge on any atom is 0.297 e. The van der Waals surface area contributed by atoms with Crippen LogP contribution in [0, 0.1) is 0 Å². The number of nitrogens with one attached hydrogen (secondary N) is 1. The summed E-state index contributed by atoms with van der Waals surface area (Å²) in [6, 6.07) is 17.0. The van der Waals surface area contributed by atoms with Gasteiger partial charge in [-0.25, -0.2) is 9.97 Å². The molecule has 2 aromatic carbocycles. The Kier molecular flexibility index (Phi) is 5.10. The van der Waals surface area contributed by atoms with Gasteiger partial charge in [0.15, 0.2) is 11.3 Å². The standard InChI is InChI=1S/C23H22N4O3/c1-14(2)18(15-10-6-5-7-11-15)25-23-26-19(20(29-4)22(28)27(23)3)21-24-16-12-8-9-13-17(16)30-21/h5-13,18H,1H2,2-4H3,(H,25,26). The zero-order chi connectivity index (χ0) is 21.3. The lowest BCUT2D eigenvalue weighted by Gasteiger charge is -2.22. The van der Waals surface area contributed by atoms with E-state index in [-0.39, 0.29) is 28.9 Å². The van der Waals surface area contributed by atoms with Crippen molar-refractivity contribution in [2.45, 2.75) is 13.0 Å². The second kappa shape index (κ2) is 7.87. The SMILES string of the molecule is C=C(C)C(Nc1nc(-c2nc3ccccc3o2)c(OC)c(=O)n1C)c1ccccc1. The Balaban J connectivity index is 1.85. The van der Waals surface area contributed by atoms with Crippen LogP contribution in [0.4, 0.5) is 5.95 Å². The number of nitrogens with zero attached hydrogens (tertiary/aromatic N) is 3. The highest BCUT2D eigenvalue weighted by Crippen LogP contribution is 2.30. The molecular weight excluding hydrogens is 380 g/mol. The first-order valence-corrected chi connectivity index (χ1v) is 9.47. The van der Waals surface area contributed by atoms with Crippen molar-refractivity contribution in [1.82, 2.24) is 14.5 Å². The number of fused-ring (bicyclic) bond motifs is 1. The van der Waals surface area contributed by atoms with Gasteiger partial charge < -0.3 is 14.5 Å². The van der Waals surface area contributed by atoms with Crippen LogP contribution in [0.2, 0.25) is 0 Å². The van der Waals surface area contributed by atoms with E-state index in [1.165, 1.54) is 11.7 Å². The maximum atomic E-state index is 13.0. The largest absolute Gasteiger partial charge is 0.489 e. The van der Waals surface area contributed by atoms with Gasteiger partial charge in [-0.1, -0.05) is 54.6 Å². The first-order chi connectivity index (χ1) is 14.5. The number of methoxy groups -OCH3 is 1. The summed E-state index contributed by atoms with van der Waals surface area (Å²) in [5.41, 5.74) is 3.08. The van der Waals surface area contributed by atoms with Crippen molar-refractivity contribution in [3.05, 3.63) is 82.7 Å². The number of anilines is 1. The van der Waals surface area contributed by atoms with Gasteiger partial charge in [-0.3, -0.25) is 9.36 Å². The van der Waals surface area contributed by atoms with E-state index < -0.39 is 0 Å². The summed E-state index contributed by atoms with van der Waals surface area (Å²) >= 11 is 0. The Morgan fingerprint density at radius 3 is 2.50 bits per heavy atom. The van der Waals surface area contributed by atoms with Gasteiger partial charge in [0.2, 0.25) is 11.7 Å². The third-order valence-electron chi connectivity index (χ3n) is 4.85. The predicted octanol–water partition coefficient (Wildman–Crippen LogP) is 4.33. The van der Waals surface area contributed by atoms with Gasteiger partial charge in [-0.15, -0.1) is 0 Å². The van der Waals surface area contributed by atoms with E-state index in [1.54, 1.807) is 7.05 Å². The molecule has 0 spiro atoms. The average Bonchev–Trinajstić information content (AvgIpc) is 3.19. The molecule has 0 aliphatic rings. The Hall–Kier alpha value is -3.87. The van der Waals surface area contributed by atoms with Crippen LogP contribution in [0.25, 0.3) is 22.7 Å². The number of oxazole rings is 1. The van der Waals surface area contributed by atoms with Crippen LogP contribution in [-0.4, -0.2) is 21.6 Å². The molecule has 0 amide bonds. The molecule has 30 heavy (non-hydrogen) atoms. The predicted molar refractivity (Wildman–Crippen MR) is 117 cm³/mol. The van der Waals surface area contributed by atoms with Gasteiger partial charge in [0.1, 0.15) is 5.52 Å². The summed E-state index contributed by atoms with van der Waals surface area (Å²) < 4.78 is 12.6.